The molecule has 0 spiro atoms. The molecule has 0 fully saturated rings. The number of esters is 1. The van der Waals surface area contributed by atoms with Crippen LogP contribution in [0.5, 0.6) is 5.75 Å². The van der Waals surface area contributed by atoms with Crippen LogP contribution in [0.2, 0.25) is 0 Å². The highest BCUT2D eigenvalue weighted by Gasteiger charge is 2.40. The van der Waals surface area contributed by atoms with Crippen LogP contribution in [0.3, 0.4) is 0 Å². The standard InChI is InChI=1S/C30H29F5O2/c1-4-6-7-9-17-11-15-22(25(31)16(17)3)37-30(36)21-14-13-20-19-12-10-18(8-5-2)26(32)23(19)28(34)29(35)24(20)27(21)33/h10-15,28-29H,4-9H2,1-3H3. The van der Waals surface area contributed by atoms with Gasteiger partial charge in [-0.15, -0.1) is 0 Å². The van der Waals surface area contributed by atoms with Crippen molar-refractivity contribution in [2.24, 2.45) is 0 Å². The van der Waals surface area contributed by atoms with Gasteiger partial charge in [0.25, 0.3) is 0 Å². The highest BCUT2D eigenvalue weighted by molar-refractivity contribution is 5.93. The normalized spacial score (nSPS) is 16.3. The lowest BCUT2D eigenvalue weighted by Gasteiger charge is -2.28. The van der Waals surface area contributed by atoms with Crippen molar-refractivity contribution in [1.29, 1.82) is 0 Å². The summed E-state index contributed by atoms with van der Waals surface area (Å²) in [5, 5.41) is 0. The van der Waals surface area contributed by atoms with Gasteiger partial charge in [0.1, 0.15) is 11.6 Å². The Kier molecular flexibility index (Phi) is 8.00. The van der Waals surface area contributed by atoms with Crippen molar-refractivity contribution in [2.45, 2.75) is 71.6 Å². The van der Waals surface area contributed by atoms with Crippen LogP contribution in [0.25, 0.3) is 11.1 Å². The maximum atomic E-state index is 15.4. The van der Waals surface area contributed by atoms with E-state index in [9.17, 15) is 13.6 Å². The first-order chi connectivity index (χ1) is 17.7. The molecule has 0 bridgehead atoms. The van der Waals surface area contributed by atoms with Crippen molar-refractivity contribution in [3.63, 3.8) is 0 Å². The molecule has 3 aromatic rings. The number of benzene rings is 3. The number of hydrogen-bond acceptors (Lipinski definition) is 2. The second-order valence-electron chi connectivity index (χ2n) is 9.45. The maximum Gasteiger partial charge on any atom is 0.346 e. The van der Waals surface area contributed by atoms with Crippen LogP contribution in [0.15, 0.2) is 36.4 Å². The van der Waals surface area contributed by atoms with Gasteiger partial charge < -0.3 is 4.74 Å². The van der Waals surface area contributed by atoms with Gasteiger partial charge in [-0.3, -0.25) is 0 Å². The predicted molar refractivity (Wildman–Crippen MR) is 133 cm³/mol. The summed E-state index contributed by atoms with van der Waals surface area (Å²) in [6.07, 6.45) is -0.413. The third-order valence-corrected chi connectivity index (χ3v) is 6.99. The molecule has 37 heavy (non-hydrogen) atoms. The summed E-state index contributed by atoms with van der Waals surface area (Å²) in [7, 11) is 0. The lowest BCUT2D eigenvalue weighted by Crippen LogP contribution is -2.19. The smallest absolute Gasteiger partial charge is 0.346 e. The van der Waals surface area contributed by atoms with Gasteiger partial charge in [-0.05, 0) is 66.1 Å². The molecule has 7 heteroatoms. The van der Waals surface area contributed by atoms with Crippen LogP contribution in [-0.4, -0.2) is 5.97 Å². The third-order valence-electron chi connectivity index (χ3n) is 6.99. The monoisotopic (exact) mass is 516 g/mol. The Hall–Kier alpha value is -3.22. The minimum absolute atomic E-state index is 0.0351. The molecule has 0 aliphatic heterocycles. The summed E-state index contributed by atoms with van der Waals surface area (Å²) < 4.78 is 80.7. The molecule has 3 aromatic carbocycles. The molecule has 0 radical (unpaired) electrons. The molecule has 2 nitrogen and oxygen atoms in total. The zero-order chi connectivity index (χ0) is 26.9. The van der Waals surface area contributed by atoms with Crippen molar-refractivity contribution in [2.75, 3.05) is 0 Å². The average Bonchev–Trinajstić information content (AvgIpc) is 2.87. The van der Waals surface area contributed by atoms with Crippen LogP contribution in [0, 0.1) is 24.4 Å². The Balaban J connectivity index is 1.67. The Bertz CT molecular complexity index is 1330. The lowest BCUT2D eigenvalue weighted by atomic mass is 9.80. The number of carbonyl (C=O) groups excluding carboxylic acids is 1. The molecule has 2 atom stereocenters. The molecule has 4 rings (SSSR count). The number of halogens is 5. The quantitative estimate of drug-likeness (QED) is 0.129. The minimum Gasteiger partial charge on any atom is -0.420 e. The maximum absolute atomic E-state index is 15.4. The Morgan fingerprint density at radius 1 is 0.757 bits per heavy atom. The first kappa shape index (κ1) is 26.8. The van der Waals surface area contributed by atoms with Gasteiger partial charge in [0, 0.05) is 11.1 Å². The molecule has 1 aliphatic carbocycles. The van der Waals surface area contributed by atoms with Gasteiger partial charge in [-0.1, -0.05) is 57.4 Å². The number of ether oxygens (including phenoxy) is 1. The summed E-state index contributed by atoms with van der Waals surface area (Å²) in [6, 6.07) is 8.18. The Morgan fingerprint density at radius 3 is 2.03 bits per heavy atom. The van der Waals surface area contributed by atoms with E-state index >= 15 is 13.2 Å². The highest BCUT2D eigenvalue weighted by Crippen LogP contribution is 2.51. The molecule has 1 aliphatic rings. The van der Waals surface area contributed by atoms with E-state index in [0.29, 0.717) is 24.8 Å². The van der Waals surface area contributed by atoms with Gasteiger partial charge in [-0.2, -0.15) is 0 Å². The van der Waals surface area contributed by atoms with Gasteiger partial charge >= 0.3 is 5.97 Å². The van der Waals surface area contributed by atoms with Crippen molar-refractivity contribution in [3.8, 4) is 16.9 Å². The SMILES string of the molecule is CCCCCc1ccc(OC(=O)c2ccc3c(c2F)C(F)C(F)c2c-3ccc(CCC)c2F)c(F)c1C. The molecular weight excluding hydrogens is 487 g/mol. The van der Waals surface area contributed by atoms with E-state index in [1.54, 1.807) is 13.0 Å². The number of carbonyl (C=O) groups is 1. The van der Waals surface area contributed by atoms with Gasteiger partial charge in [-0.25, -0.2) is 26.7 Å². The fourth-order valence-corrected chi connectivity index (χ4v) is 4.92. The van der Waals surface area contributed by atoms with Crippen LogP contribution in [0.1, 0.15) is 90.0 Å². The summed E-state index contributed by atoms with van der Waals surface area (Å²) in [5.74, 6) is -4.51. The van der Waals surface area contributed by atoms with Crippen molar-refractivity contribution < 1.29 is 31.5 Å². The van der Waals surface area contributed by atoms with Crippen LogP contribution in [0.4, 0.5) is 22.0 Å². The molecule has 0 heterocycles. The van der Waals surface area contributed by atoms with Crippen molar-refractivity contribution >= 4 is 5.97 Å². The summed E-state index contributed by atoms with van der Waals surface area (Å²) in [4.78, 5) is 12.8. The molecule has 0 saturated heterocycles. The minimum atomic E-state index is -2.52. The van der Waals surface area contributed by atoms with Crippen LogP contribution in [-0.2, 0) is 12.8 Å². The van der Waals surface area contributed by atoms with Crippen LogP contribution >= 0.6 is 0 Å². The third kappa shape index (κ3) is 4.88. The molecule has 196 valence electrons. The Labute approximate surface area is 213 Å². The number of rotatable bonds is 8. The lowest BCUT2D eigenvalue weighted by molar-refractivity contribution is 0.0721. The summed E-state index contributed by atoms with van der Waals surface area (Å²) in [6.45, 7) is 5.48. The fourth-order valence-electron chi connectivity index (χ4n) is 4.92. The molecule has 0 amide bonds. The molecule has 0 saturated carbocycles. The first-order valence-electron chi connectivity index (χ1n) is 12.6. The zero-order valence-electron chi connectivity index (χ0n) is 21.1. The number of fused-ring (bicyclic) bond motifs is 3. The van der Waals surface area contributed by atoms with Crippen LogP contribution < -0.4 is 4.74 Å². The van der Waals surface area contributed by atoms with E-state index in [0.717, 1.165) is 30.9 Å². The van der Waals surface area contributed by atoms with Crippen molar-refractivity contribution in [3.05, 3.63) is 87.2 Å². The largest absolute Gasteiger partial charge is 0.420 e. The summed E-state index contributed by atoms with van der Waals surface area (Å²) in [5.41, 5.74) is -0.417. The number of aryl methyl sites for hydroxylation is 2. The van der Waals surface area contributed by atoms with Gasteiger partial charge in [0.2, 0.25) is 0 Å². The predicted octanol–water partition coefficient (Wildman–Crippen LogP) is 9.02. The van der Waals surface area contributed by atoms with E-state index in [1.165, 1.54) is 24.3 Å². The van der Waals surface area contributed by atoms with E-state index in [4.69, 9.17) is 4.74 Å². The molecule has 0 aromatic heterocycles. The number of unbranched alkanes of at least 4 members (excludes halogenated alkanes) is 2. The van der Waals surface area contributed by atoms with E-state index in [1.807, 2.05) is 6.92 Å². The molecule has 2 unspecified atom stereocenters. The van der Waals surface area contributed by atoms with E-state index in [-0.39, 0.29) is 22.4 Å². The zero-order valence-corrected chi connectivity index (χ0v) is 21.1. The second kappa shape index (κ2) is 11.0. The number of hydrogen-bond donors (Lipinski definition) is 0. The van der Waals surface area contributed by atoms with E-state index in [2.05, 4.69) is 6.92 Å². The fraction of sp³-hybridized carbons (Fsp3) is 0.367. The van der Waals surface area contributed by atoms with Gasteiger partial charge in [0.05, 0.1) is 5.56 Å². The van der Waals surface area contributed by atoms with Crippen molar-refractivity contribution in [1.82, 2.24) is 0 Å². The Morgan fingerprint density at radius 2 is 1.38 bits per heavy atom. The molecule has 0 N–H and O–H groups in total. The highest BCUT2D eigenvalue weighted by atomic mass is 19.2. The number of alkyl halides is 2. The van der Waals surface area contributed by atoms with E-state index < -0.39 is 52.5 Å². The molecular formula is C30H29F5O2. The second-order valence-corrected chi connectivity index (χ2v) is 9.45. The average molecular weight is 517 g/mol. The topological polar surface area (TPSA) is 26.3 Å². The first-order valence-corrected chi connectivity index (χ1v) is 12.6. The summed E-state index contributed by atoms with van der Waals surface area (Å²) >= 11 is 0. The van der Waals surface area contributed by atoms with Gasteiger partial charge in [0.15, 0.2) is 23.9 Å².